The van der Waals surface area contributed by atoms with Crippen molar-refractivity contribution in [3.8, 4) is 5.75 Å². The Morgan fingerprint density at radius 2 is 1.83 bits per heavy atom. The number of ether oxygens (including phenoxy) is 1. The first kappa shape index (κ1) is 21.5. The lowest BCUT2D eigenvalue weighted by Gasteiger charge is -2.23. The van der Waals surface area contributed by atoms with Gasteiger partial charge in [-0.25, -0.2) is 0 Å². The van der Waals surface area contributed by atoms with Gasteiger partial charge < -0.3 is 15.0 Å². The van der Waals surface area contributed by atoms with Crippen LogP contribution in [0.1, 0.15) is 35.2 Å². The van der Waals surface area contributed by atoms with Crippen LogP contribution in [0.3, 0.4) is 0 Å². The predicted octanol–water partition coefficient (Wildman–Crippen LogP) is 4.36. The predicted molar refractivity (Wildman–Crippen MR) is 115 cm³/mol. The van der Waals surface area contributed by atoms with Gasteiger partial charge in [0.15, 0.2) is 0 Å². The minimum Gasteiger partial charge on any atom is -0.493 e. The molecule has 1 aliphatic heterocycles. The molecular weight excluding hydrogens is 411 g/mol. The van der Waals surface area contributed by atoms with Crippen LogP contribution in [0.5, 0.6) is 5.75 Å². The first-order valence-corrected chi connectivity index (χ1v) is 10.5. The van der Waals surface area contributed by atoms with Crippen LogP contribution in [-0.4, -0.2) is 43.0 Å². The second-order valence-corrected chi connectivity index (χ2v) is 7.87. The van der Waals surface area contributed by atoms with Crippen LogP contribution in [0.25, 0.3) is 0 Å². The van der Waals surface area contributed by atoms with Gasteiger partial charge in [0.05, 0.1) is 18.6 Å². The smallest absolute Gasteiger partial charge is 0.255 e. The topological polar surface area (TPSA) is 58.6 Å². The summed E-state index contributed by atoms with van der Waals surface area (Å²) in [6.07, 6.45) is 2.58. The number of amides is 2. The number of hydrogen-bond acceptors (Lipinski definition) is 3. The van der Waals surface area contributed by atoms with Crippen molar-refractivity contribution in [2.24, 2.45) is 0 Å². The Labute approximate surface area is 180 Å². The minimum absolute atomic E-state index is 0.0679. The van der Waals surface area contributed by atoms with Gasteiger partial charge in [-0.2, -0.15) is 0 Å². The van der Waals surface area contributed by atoms with Crippen molar-refractivity contribution in [3.05, 3.63) is 63.6 Å². The van der Waals surface area contributed by atoms with Gasteiger partial charge in [-0.1, -0.05) is 35.3 Å². The molecular formula is C22H24Cl2N2O3. The zero-order valence-electron chi connectivity index (χ0n) is 16.1. The third kappa shape index (κ3) is 6.38. The molecule has 2 aromatic rings. The minimum atomic E-state index is -0.198. The first-order valence-electron chi connectivity index (χ1n) is 9.76. The highest BCUT2D eigenvalue weighted by atomic mass is 35.5. The fraction of sp³-hybridized carbons (Fsp3) is 0.364. The van der Waals surface area contributed by atoms with E-state index >= 15 is 0 Å². The number of carbonyl (C=O) groups excluding carboxylic acids is 2. The van der Waals surface area contributed by atoms with E-state index < -0.39 is 0 Å². The maximum absolute atomic E-state index is 12.8. The van der Waals surface area contributed by atoms with Crippen LogP contribution < -0.4 is 10.1 Å². The van der Waals surface area contributed by atoms with Crippen LogP contribution in [0, 0.1) is 0 Å². The van der Waals surface area contributed by atoms with Gasteiger partial charge in [-0.05, 0) is 55.2 Å². The van der Waals surface area contributed by atoms with E-state index in [-0.39, 0.29) is 11.8 Å². The van der Waals surface area contributed by atoms with Crippen LogP contribution in [0.15, 0.2) is 42.5 Å². The second kappa shape index (κ2) is 10.5. The highest BCUT2D eigenvalue weighted by Gasteiger charge is 2.17. The summed E-state index contributed by atoms with van der Waals surface area (Å²) in [5.41, 5.74) is 1.34. The highest BCUT2D eigenvalue weighted by molar-refractivity contribution is 6.31. The van der Waals surface area contributed by atoms with E-state index in [9.17, 15) is 9.59 Å². The Morgan fingerprint density at radius 1 is 1.03 bits per heavy atom. The van der Waals surface area contributed by atoms with Crippen molar-refractivity contribution >= 4 is 35.0 Å². The van der Waals surface area contributed by atoms with Crippen molar-refractivity contribution in [2.75, 3.05) is 26.2 Å². The molecule has 2 amide bonds. The molecule has 0 aromatic heterocycles. The molecule has 0 unspecified atom stereocenters. The van der Waals surface area contributed by atoms with Gasteiger partial charge in [-0.3, -0.25) is 9.59 Å². The standard InChI is InChI=1S/C22H24Cl2N2O3/c23-17-6-3-5-16(13-17)14-21(27)26-10-2-1-9-25-22(28)19-15-18(24)7-8-20(19)29-12-4-11-26/h3,5-8,13,15H,1-2,4,9-12,14H2,(H,25,28). The lowest BCUT2D eigenvalue weighted by molar-refractivity contribution is -0.130. The Hall–Kier alpha value is -2.24. The molecule has 0 aliphatic carbocycles. The molecule has 0 spiro atoms. The van der Waals surface area contributed by atoms with Crippen molar-refractivity contribution in [1.29, 1.82) is 0 Å². The van der Waals surface area contributed by atoms with E-state index in [0.29, 0.717) is 60.4 Å². The monoisotopic (exact) mass is 434 g/mol. The fourth-order valence-electron chi connectivity index (χ4n) is 3.26. The normalized spacial score (nSPS) is 15.8. The molecule has 0 radical (unpaired) electrons. The number of halogens is 2. The number of nitrogens with zero attached hydrogens (tertiary/aromatic N) is 1. The lowest BCUT2D eigenvalue weighted by Crippen LogP contribution is -2.35. The van der Waals surface area contributed by atoms with Crippen molar-refractivity contribution < 1.29 is 14.3 Å². The third-order valence-corrected chi connectivity index (χ3v) is 5.22. The Morgan fingerprint density at radius 3 is 2.66 bits per heavy atom. The molecule has 154 valence electrons. The molecule has 1 heterocycles. The highest BCUT2D eigenvalue weighted by Crippen LogP contribution is 2.23. The number of fused-ring (bicyclic) bond motifs is 1. The zero-order valence-corrected chi connectivity index (χ0v) is 17.6. The SMILES string of the molecule is O=C1NCCCCN(C(=O)Cc2cccc(Cl)c2)CCCOc2ccc(Cl)cc21. The lowest BCUT2D eigenvalue weighted by atomic mass is 10.1. The molecule has 0 saturated heterocycles. The summed E-state index contributed by atoms with van der Waals surface area (Å²) in [6.45, 7) is 2.18. The molecule has 3 rings (SSSR count). The molecule has 1 N–H and O–H groups in total. The molecule has 0 atom stereocenters. The molecule has 29 heavy (non-hydrogen) atoms. The average Bonchev–Trinajstić information content (AvgIpc) is 2.70. The van der Waals surface area contributed by atoms with Gasteiger partial charge in [-0.15, -0.1) is 0 Å². The number of carbonyl (C=O) groups is 2. The number of benzene rings is 2. The fourth-order valence-corrected chi connectivity index (χ4v) is 3.65. The second-order valence-electron chi connectivity index (χ2n) is 6.99. The van der Waals surface area contributed by atoms with Crippen LogP contribution in [0.4, 0.5) is 0 Å². The summed E-state index contributed by atoms with van der Waals surface area (Å²) in [5.74, 6) is 0.372. The summed E-state index contributed by atoms with van der Waals surface area (Å²) in [6, 6.07) is 12.4. The third-order valence-electron chi connectivity index (χ3n) is 4.75. The van der Waals surface area contributed by atoms with Gasteiger partial charge in [0.25, 0.3) is 5.91 Å². The van der Waals surface area contributed by atoms with Crippen molar-refractivity contribution in [2.45, 2.75) is 25.7 Å². The van der Waals surface area contributed by atoms with Crippen LogP contribution in [0.2, 0.25) is 10.0 Å². The number of nitrogens with one attached hydrogen (secondary N) is 1. The van der Waals surface area contributed by atoms with E-state index in [0.717, 1.165) is 18.4 Å². The largest absolute Gasteiger partial charge is 0.493 e. The van der Waals surface area contributed by atoms with Crippen LogP contribution in [-0.2, 0) is 11.2 Å². The van der Waals surface area contributed by atoms with E-state index in [4.69, 9.17) is 27.9 Å². The number of rotatable bonds is 2. The van der Waals surface area contributed by atoms with Crippen LogP contribution >= 0.6 is 23.2 Å². The molecule has 7 heteroatoms. The molecule has 1 aliphatic rings. The summed E-state index contributed by atoms with van der Waals surface area (Å²) in [7, 11) is 0. The molecule has 0 saturated carbocycles. The molecule has 0 bridgehead atoms. The number of hydrogen-bond donors (Lipinski definition) is 1. The van der Waals surface area contributed by atoms with Gasteiger partial charge >= 0.3 is 0 Å². The maximum Gasteiger partial charge on any atom is 0.255 e. The Balaban J connectivity index is 1.66. The Kier molecular flexibility index (Phi) is 7.78. The zero-order chi connectivity index (χ0) is 20.6. The summed E-state index contributed by atoms with van der Waals surface area (Å²) in [4.78, 5) is 27.1. The van der Waals surface area contributed by atoms with Gasteiger partial charge in [0.2, 0.25) is 5.91 Å². The molecule has 0 fully saturated rings. The van der Waals surface area contributed by atoms with E-state index in [1.54, 1.807) is 24.3 Å². The molecule has 5 nitrogen and oxygen atoms in total. The van der Waals surface area contributed by atoms with Gasteiger partial charge in [0, 0.05) is 29.7 Å². The summed E-state index contributed by atoms with van der Waals surface area (Å²) >= 11 is 12.1. The van der Waals surface area contributed by atoms with E-state index in [1.807, 2.05) is 23.1 Å². The molecule has 2 aromatic carbocycles. The average molecular weight is 435 g/mol. The van der Waals surface area contributed by atoms with Crippen molar-refractivity contribution in [1.82, 2.24) is 10.2 Å². The summed E-state index contributed by atoms with van der Waals surface area (Å²) in [5, 5.41) is 4.02. The quantitative estimate of drug-likeness (QED) is 0.763. The van der Waals surface area contributed by atoms with Gasteiger partial charge in [0.1, 0.15) is 5.75 Å². The van der Waals surface area contributed by atoms with Crippen molar-refractivity contribution in [3.63, 3.8) is 0 Å². The first-order chi connectivity index (χ1) is 14.0. The summed E-state index contributed by atoms with van der Waals surface area (Å²) < 4.78 is 5.81. The van der Waals surface area contributed by atoms with E-state index in [1.165, 1.54) is 0 Å². The Bertz CT molecular complexity index is 873. The maximum atomic E-state index is 12.8. The van der Waals surface area contributed by atoms with E-state index in [2.05, 4.69) is 5.32 Å².